The van der Waals surface area contributed by atoms with Crippen molar-refractivity contribution >= 4 is 45.6 Å². The fourth-order valence-corrected chi connectivity index (χ4v) is 7.78. The van der Waals surface area contributed by atoms with Crippen LogP contribution in [0.3, 0.4) is 0 Å². The summed E-state index contributed by atoms with van der Waals surface area (Å²) >= 11 is 0. The highest BCUT2D eigenvalue weighted by Crippen LogP contribution is 2.39. The first-order valence-corrected chi connectivity index (χ1v) is 18.3. The van der Waals surface area contributed by atoms with Gasteiger partial charge in [-0.1, -0.05) is 118 Å². The zero-order valence-electron chi connectivity index (χ0n) is 29.2. The topological polar surface area (TPSA) is 95.7 Å². The highest BCUT2D eigenvalue weighted by atomic mass is 16.2. The van der Waals surface area contributed by atoms with Crippen LogP contribution in [0.1, 0.15) is 51.0 Å². The summed E-state index contributed by atoms with van der Waals surface area (Å²) in [5, 5.41) is 5.54. The van der Waals surface area contributed by atoms with Gasteiger partial charge in [0, 0.05) is 17.5 Å². The van der Waals surface area contributed by atoms with Crippen molar-refractivity contribution in [3.8, 4) is 11.1 Å². The van der Waals surface area contributed by atoms with Crippen molar-refractivity contribution in [2.45, 2.75) is 58.0 Å². The van der Waals surface area contributed by atoms with Crippen molar-refractivity contribution in [2.24, 2.45) is 23.5 Å². The number of rotatable bonds is 12. The van der Waals surface area contributed by atoms with Gasteiger partial charge < -0.3 is 20.9 Å². The van der Waals surface area contributed by atoms with Gasteiger partial charge in [-0.05, 0) is 82.6 Å². The lowest BCUT2D eigenvalue weighted by molar-refractivity contribution is -0.136. The van der Waals surface area contributed by atoms with E-state index in [-0.39, 0.29) is 18.4 Å². The first-order valence-electron chi connectivity index (χ1n) is 18.3. The Morgan fingerprint density at radius 2 is 1.49 bits per heavy atom. The van der Waals surface area contributed by atoms with Gasteiger partial charge in [0.1, 0.15) is 6.04 Å². The molecular weight excluding hydrogens is 633 g/mol. The minimum Gasteiger partial charge on any atom is -0.369 e. The van der Waals surface area contributed by atoms with Crippen LogP contribution in [0.4, 0.5) is 17.1 Å². The smallest absolute Gasteiger partial charge is 0.251 e. The molecule has 51 heavy (non-hydrogen) atoms. The molecule has 5 aromatic carbocycles. The van der Waals surface area contributed by atoms with Crippen molar-refractivity contribution in [3.05, 3.63) is 127 Å². The van der Waals surface area contributed by atoms with Crippen LogP contribution < -0.4 is 20.9 Å². The van der Waals surface area contributed by atoms with E-state index in [2.05, 4.69) is 52.7 Å². The van der Waals surface area contributed by atoms with E-state index in [0.717, 1.165) is 59.4 Å². The van der Waals surface area contributed by atoms with E-state index in [4.69, 9.17) is 5.73 Å². The fourth-order valence-electron chi connectivity index (χ4n) is 7.78. The molecule has 2 aliphatic rings. The third-order valence-electron chi connectivity index (χ3n) is 10.7. The van der Waals surface area contributed by atoms with Crippen molar-refractivity contribution in [3.63, 3.8) is 0 Å². The van der Waals surface area contributed by atoms with Gasteiger partial charge in [0.25, 0.3) is 5.91 Å². The van der Waals surface area contributed by atoms with E-state index >= 15 is 0 Å². The molecule has 5 aromatic rings. The summed E-state index contributed by atoms with van der Waals surface area (Å²) in [6, 6.07) is 40.1. The number of para-hydroxylation sites is 3. The summed E-state index contributed by atoms with van der Waals surface area (Å²) < 4.78 is 0. The number of carbonyl (C=O) groups is 3. The number of nitrogens with zero attached hydrogens (tertiary/aromatic N) is 2. The molecule has 0 radical (unpaired) electrons. The van der Waals surface area contributed by atoms with E-state index < -0.39 is 23.8 Å². The van der Waals surface area contributed by atoms with Crippen LogP contribution in [-0.4, -0.2) is 30.3 Å². The van der Waals surface area contributed by atoms with Crippen LogP contribution in [-0.2, 0) is 20.9 Å². The van der Waals surface area contributed by atoms with Crippen molar-refractivity contribution in [1.82, 2.24) is 5.32 Å². The Hall–Kier alpha value is -5.43. The number of benzene rings is 5. The minimum absolute atomic E-state index is 0.196. The largest absolute Gasteiger partial charge is 0.369 e. The summed E-state index contributed by atoms with van der Waals surface area (Å²) in [5.41, 5.74) is 11.6. The molecule has 0 aromatic heterocycles. The van der Waals surface area contributed by atoms with Gasteiger partial charge in [0.05, 0.1) is 24.5 Å². The molecule has 3 N–H and O–H groups in total. The van der Waals surface area contributed by atoms with E-state index in [1.165, 1.54) is 10.8 Å². The number of amides is 3. The lowest BCUT2D eigenvalue weighted by atomic mass is 9.74. The SMILES string of the molecule is CCCC(C(N)=O)C(CC1CCC1)C(=O)NC1CN(c2ccccc2)c2ccccc2N(Cc2cccc(-c3ccc4ccccc4c3)c2)C1=O. The zero-order valence-corrected chi connectivity index (χ0v) is 29.2. The molecule has 1 aliphatic heterocycles. The van der Waals surface area contributed by atoms with Gasteiger partial charge in [-0.3, -0.25) is 14.4 Å². The third kappa shape index (κ3) is 7.39. The average Bonchev–Trinajstić information content (AvgIpc) is 3.25. The van der Waals surface area contributed by atoms with E-state index in [1.807, 2.05) is 85.8 Å². The zero-order chi connectivity index (χ0) is 35.3. The maximum absolute atomic E-state index is 14.9. The Bertz CT molecular complexity index is 2020. The van der Waals surface area contributed by atoms with Gasteiger partial charge >= 0.3 is 0 Å². The molecule has 7 nitrogen and oxygen atoms in total. The number of carbonyl (C=O) groups excluding carboxylic acids is 3. The monoisotopic (exact) mass is 678 g/mol. The molecule has 0 spiro atoms. The Balaban J connectivity index is 1.25. The maximum Gasteiger partial charge on any atom is 0.251 e. The number of nitrogens with two attached hydrogens (primary N) is 1. The molecule has 1 heterocycles. The number of nitrogens with one attached hydrogen (secondary N) is 1. The third-order valence-corrected chi connectivity index (χ3v) is 10.7. The highest BCUT2D eigenvalue weighted by Gasteiger charge is 2.40. The van der Waals surface area contributed by atoms with E-state index in [9.17, 15) is 14.4 Å². The Morgan fingerprint density at radius 1 is 0.784 bits per heavy atom. The van der Waals surface area contributed by atoms with Gasteiger partial charge in [-0.15, -0.1) is 0 Å². The Morgan fingerprint density at radius 3 is 2.22 bits per heavy atom. The van der Waals surface area contributed by atoms with Crippen LogP contribution in [0.5, 0.6) is 0 Å². The maximum atomic E-state index is 14.9. The molecule has 0 saturated heterocycles. The molecule has 7 heteroatoms. The first-order chi connectivity index (χ1) is 24.9. The quantitative estimate of drug-likeness (QED) is 0.139. The predicted molar refractivity (Wildman–Crippen MR) is 205 cm³/mol. The number of hydrogen-bond donors (Lipinski definition) is 2. The average molecular weight is 679 g/mol. The van der Waals surface area contributed by atoms with Gasteiger partial charge in [0.15, 0.2) is 0 Å². The van der Waals surface area contributed by atoms with Crippen LogP contribution in [0.15, 0.2) is 121 Å². The number of hydrogen-bond acceptors (Lipinski definition) is 4. The molecular formula is C44H46N4O3. The van der Waals surface area contributed by atoms with Crippen LogP contribution in [0.2, 0.25) is 0 Å². The Labute approximate surface area is 300 Å². The molecule has 3 atom stereocenters. The predicted octanol–water partition coefficient (Wildman–Crippen LogP) is 8.38. The molecule has 1 saturated carbocycles. The number of fused-ring (bicyclic) bond motifs is 2. The minimum atomic E-state index is -0.868. The number of anilines is 3. The summed E-state index contributed by atoms with van der Waals surface area (Å²) in [6.45, 7) is 2.56. The normalized spacial score (nSPS) is 17.3. The molecule has 1 fully saturated rings. The van der Waals surface area contributed by atoms with Crippen molar-refractivity contribution < 1.29 is 14.4 Å². The van der Waals surface area contributed by atoms with E-state index in [1.54, 1.807) is 4.90 Å². The van der Waals surface area contributed by atoms with Gasteiger partial charge in [0.2, 0.25) is 11.8 Å². The Kier molecular flexibility index (Phi) is 10.2. The van der Waals surface area contributed by atoms with Crippen LogP contribution in [0.25, 0.3) is 21.9 Å². The molecule has 0 bridgehead atoms. The van der Waals surface area contributed by atoms with Gasteiger partial charge in [-0.25, -0.2) is 0 Å². The second kappa shape index (κ2) is 15.2. The summed E-state index contributed by atoms with van der Waals surface area (Å²) in [7, 11) is 0. The molecule has 3 unspecified atom stereocenters. The second-order valence-electron chi connectivity index (χ2n) is 14.1. The van der Waals surface area contributed by atoms with Crippen LogP contribution >= 0.6 is 0 Å². The summed E-state index contributed by atoms with van der Waals surface area (Å²) in [4.78, 5) is 45.8. The summed E-state index contributed by atoms with van der Waals surface area (Å²) in [6.07, 6.45) is 5.12. The lowest BCUT2D eigenvalue weighted by Gasteiger charge is -2.33. The molecule has 7 rings (SSSR count). The second-order valence-corrected chi connectivity index (χ2v) is 14.1. The van der Waals surface area contributed by atoms with Crippen molar-refractivity contribution in [2.75, 3.05) is 16.3 Å². The van der Waals surface area contributed by atoms with E-state index in [0.29, 0.717) is 25.3 Å². The standard InChI is InChI=1S/C44H46N4O3/c1-2-12-37(42(45)49)38(26-30-13-10-14-30)43(50)46-39-29-47(36-19-4-3-5-20-36)40-21-8-9-22-41(40)48(44(39)51)28-31-15-11-18-33(25-31)35-24-23-32-16-6-7-17-34(32)27-35/h3-9,11,15-25,27,30,37-39H,2,10,12-14,26,28-29H2,1H3,(H2,45,49)(H,46,50). The molecule has 260 valence electrons. The fraction of sp³-hybridized carbons (Fsp3) is 0.295. The summed E-state index contributed by atoms with van der Waals surface area (Å²) in [5.74, 6) is -1.68. The van der Waals surface area contributed by atoms with Gasteiger partial charge in [-0.2, -0.15) is 0 Å². The number of primary amides is 1. The molecule has 3 amide bonds. The highest BCUT2D eigenvalue weighted by molar-refractivity contribution is 6.04. The lowest BCUT2D eigenvalue weighted by Crippen LogP contribution is -2.54. The van der Waals surface area contributed by atoms with Crippen molar-refractivity contribution in [1.29, 1.82) is 0 Å². The molecule has 1 aliphatic carbocycles. The van der Waals surface area contributed by atoms with Crippen LogP contribution in [0, 0.1) is 17.8 Å². The first kappa shape index (κ1) is 34.0.